The molecule has 0 saturated carbocycles. The normalized spacial score (nSPS) is 11.0. The first kappa shape index (κ1) is 8.99. The molecule has 0 aliphatic carbocycles. The smallest absolute Gasteiger partial charge is 0.310 e. The van der Waals surface area contributed by atoms with E-state index >= 15 is 0 Å². The molecule has 2 heterocycles. The molecule has 0 radical (unpaired) electrons. The largest absolute Gasteiger partial charge is 0.455 e. The summed E-state index contributed by atoms with van der Waals surface area (Å²) in [7, 11) is 1.61. The van der Waals surface area contributed by atoms with Gasteiger partial charge in [-0.1, -0.05) is 6.92 Å². The molecule has 2 aromatic rings. The topological polar surface area (TPSA) is 48.0 Å². The summed E-state index contributed by atoms with van der Waals surface area (Å²) in [5, 5.41) is 4.71. The summed E-state index contributed by atoms with van der Waals surface area (Å²) in [5.74, 6) is 0.854. The lowest BCUT2D eigenvalue weighted by Crippen LogP contribution is -2.18. The van der Waals surface area contributed by atoms with E-state index in [4.69, 9.17) is 4.42 Å². The van der Waals surface area contributed by atoms with Crippen LogP contribution in [-0.2, 0) is 13.5 Å². The van der Waals surface area contributed by atoms with Crippen molar-refractivity contribution in [3.8, 4) is 0 Å². The summed E-state index contributed by atoms with van der Waals surface area (Å²) in [6.07, 6.45) is 3.52. The lowest BCUT2D eigenvalue weighted by Gasteiger charge is -1.92. The standard InChI is InChI=1S/C10H12N2O2/c1-3-4-8-5-7-6-11-12(2)10(13)9(7)14-8/h5-6H,3-4H2,1-2H3. The second-order valence-corrected chi connectivity index (χ2v) is 3.32. The van der Waals surface area contributed by atoms with Crippen LogP contribution >= 0.6 is 0 Å². The highest BCUT2D eigenvalue weighted by Crippen LogP contribution is 2.15. The Morgan fingerprint density at radius 2 is 2.36 bits per heavy atom. The summed E-state index contributed by atoms with van der Waals surface area (Å²) >= 11 is 0. The molecule has 0 bridgehead atoms. The van der Waals surface area contributed by atoms with Gasteiger partial charge in [0.05, 0.1) is 6.20 Å². The van der Waals surface area contributed by atoms with Crippen LogP contribution in [-0.4, -0.2) is 9.78 Å². The molecule has 0 aliphatic rings. The molecule has 0 fully saturated rings. The molecule has 0 saturated heterocycles. The molecule has 0 aliphatic heterocycles. The van der Waals surface area contributed by atoms with E-state index in [1.807, 2.05) is 6.07 Å². The fourth-order valence-corrected chi connectivity index (χ4v) is 1.44. The Labute approximate surface area is 81.1 Å². The zero-order valence-corrected chi connectivity index (χ0v) is 8.28. The number of hydrogen-bond acceptors (Lipinski definition) is 3. The number of nitrogens with zero attached hydrogens (tertiary/aromatic N) is 2. The van der Waals surface area contributed by atoms with Gasteiger partial charge < -0.3 is 4.42 Å². The molecule has 74 valence electrons. The molecule has 0 aromatic carbocycles. The van der Waals surface area contributed by atoms with Gasteiger partial charge in [-0.25, -0.2) is 4.68 Å². The van der Waals surface area contributed by atoms with E-state index in [2.05, 4.69) is 12.0 Å². The maximum atomic E-state index is 11.6. The summed E-state index contributed by atoms with van der Waals surface area (Å²) < 4.78 is 6.73. The fourth-order valence-electron chi connectivity index (χ4n) is 1.44. The Hall–Kier alpha value is -1.58. The lowest BCUT2D eigenvalue weighted by atomic mass is 10.2. The first-order valence-electron chi connectivity index (χ1n) is 4.67. The minimum atomic E-state index is -0.176. The third kappa shape index (κ3) is 1.32. The molecule has 0 spiro atoms. The van der Waals surface area contributed by atoms with E-state index in [-0.39, 0.29) is 5.56 Å². The van der Waals surface area contributed by atoms with Gasteiger partial charge in [0.15, 0.2) is 0 Å². The highest BCUT2D eigenvalue weighted by Gasteiger charge is 2.07. The van der Waals surface area contributed by atoms with Gasteiger partial charge in [0.1, 0.15) is 5.76 Å². The maximum Gasteiger partial charge on any atom is 0.310 e. The maximum absolute atomic E-state index is 11.6. The van der Waals surface area contributed by atoms with Crippen molar-refractivity contribution in [2.45, 2.75) is 19.8 Å². The van der Waals surface area contributed by atoms with E-state index in [0.29, 0.717) is 5.58 Å². The number of rotatable bonds is 2. The second kappa shape index (κ2) is 3.29. The zero-order valence-electron chi connectivity index (χ0n) is 8.28. The van der Waals surface area contributed by atoms with E-state index in [0.717, 1.165) is 24.0 Å². The van der Waals surface area contributed by atoms with Gasteiger partial charge in [-0.15, -0.1) is 0 Å². The number of aryl methyl sites for hydroxylation is 2. The van der Waals surface area contributed by atoms with Crippen LogP contribution in [0.2, 0.25) is 0 Å². The lowest BCUT2D eigenvalue weighted by molar-refractivity contribution is 0.535. The van der Waals surface area contributed by atoms with E-state index in [1.165, 1.54) is 4.68 Å². The SMILES string of the molecule is CCCc1cc2cnn(C)c(=O)c2o1. The van der Waals surface area contributed by atoms with E-state index in [9.17, 15) is 4.79 Å². The van der Waals surface area contributed by atoms with Crippen molar-refractivity contribution in [2.24, 2.45) is 7.05 Å². The van der Waals surface area contributed by atoms with Crippen LogP contribution < -0.4 is 5.56 Å². The van der Waals surface area contributed by atoms with Crippen molar-refractivity contribution < 1.29 is 4.42 Å². The van der Waals surface area contributed by atoms with Gasteiger partial charge in [-0.2, -0.15) is 5.10 Å². The van der Waals surface area contributed by atoms with Gasteiger partial charge in [-0.05, 0) is 12.5 Å². The van der Waals surface area contributed by atoms with Crippen molar-refractivity contribution in [1.29, 1.82) is 0 Å². The number of hydrogen-bond donors (Lipinski definition) is 0. The molecule has 0 N–H and O–H groups in total. The highest BCUT2D eigenvalue weighted by molar-refractivity contribution is 5.75. The van der Waals surface area contributed by atoms with Crippen LogP contribution in [0.25, 0.3) is 11.0 Å². The van der Waals surface area contributed by atoms with Crippen LogP contribution in [0.5, 0.6) is 0 Å². The highest BCUT2D eigenvalue weighted by atomic mass is 16.3. The Morgan fingerprint density at radius 1 is 1.57 bits per heavy atom. The number of furan rings is 1. The molecule has 0 amide bonds. The first-order chi connectivity index (χ1) is 6.72. The van der Waals surface area contributed by atoms with E-state index in [1.54, 1.807) is 13.2 Å². The monoisotopic (exact) mass is 192 g/mol. The van der Waals surface area contributed by atoms with Gasteiger partial charge in [0.2, 0.25) is 5.58 Å². The van der Waals surface area contributed by atoms with Gasteiger partial charge in [-0.3, -0.25) is 4.79 Å². The third-order valence-electron chi connectivity index (χ3n) is 2.17. The fraction of sp³-hybridized carbons (Fsp3) is 0.400. The van der Waals surface area contributed by atoms with Gasteiger partial charge >= 0.3 is 5.56 Å². The molecule has 2 rings (SSSR count). The first-order valence-corrected chi connectivity index (χ1v) is 4.67. The predicted octanol–water partition coefficient (Wildman–Crippen LogP) is 1.48. The molecule has 2 aromatic heterocycles. The summed E-state index contributed by atoms with van der Waals surface area (Å²) in [4.78, 5) is 11.6. The Morgan fingerprint density at radius 3 is 3.07 bits per heavy atom. The van der Waals surface area contributed by atoms with Gasteiger partial charge in [0.25, 0.3) is 0 Å². The van der Waals surface area contributed by atoms with E-state index < -0.39 is 0 Å². The average Bonchev–Trinajstić information content (AvgIpc) is 2.56. The van der Waals surface area contributed by atoms with Crippen LogP contribution in [0.4, 0.5) is 0 Å². The zero-order chi connectivity index (χ0) is 10.1. The molecule has 4 heteroatoms. The van der Waals surface area contributed by atoms with Crippen LogP contribution in [0.3, 0.4) is 0 Å². The average molecular weight is 192 g/mol. The Balaban J connectivity index is 2.65. The van der Waals surface area contributed by atoms with Crippen molar-refractivity contribution >= 4 is 11.0 Å². The third-order valence-corrected chi connectivity index (χ3v) is 2.17. The number of aromatic nitrogens is 2. The minimum absolute atomic E-state index is 0.176. The summed E-state index contributed by atoms with van der Waals surface area (Å²) in [6.45, 7) is 2.07. The quantitative estimate of drug-likeness (QED) is 0.724. The van der Waals surface area contributed by atoms with Crippen molar-refractivity contribution in [2.75, 3.05) is 0 Å². The molecule has 4 nitrogen and oxygen atoms in total. The molecule has 0 atom stereocenters. The number of fused-ring (bicyclic) bond motifs is 1. The van der Waals surface area contributed by atoms with Crippen LogP contribution in [0.1, 0.15) is 19.1 Å². The Bertz CT molecular complexity index is 510. The molecule has 0 unspecified atom stereocenters. The van der Waals surface area contributed by atoms with Crippen molar-refractivity contribution in [3.63, 3.8) is 0 Å². The van der Waals surface area contributed by atoms with Crippen LogP contribution in [0, 0.1) is 0 Å². The second-order valence-electron chi connectivity index (χ2n) is 3.32. The molecule has 14 heavy (non-hydrogen) atoms. The molecular formula is C10H12N2O2. The summed E-state index contributed by atoms with van der Waals surface area (Å²) in [6, 6.07) is 1.88. The van der Waals surface area contributed by atoms with Crippen molar-refractivity contribution in [3.05, 3.63) is 28.4 Å². The molecular weight excluding hydrogens is 180 g/mol. The predicted molar refractivity (Wildman–Crippen MR) is 53.2 cm³/mol. The Kier molecular flexibility index (Phi) is 2.11. The van der Waals surface area contributed by atoms with Crippen molar-refractivity contribution in [1.82, 2.24) is 9.78 Å². The minimum Gasteiger partial charge on any atom is -0.455 e. The summed E-state index contributed by atoms with van der Waals surface area (Å²) in [5.41, 5.74) is 0.232. The van der Waals surface area contributed by atoms with Gasteiger partial charge in [0, 0.05) is 18.9 Å². The van der Waals surface area contributed by atoms with Crippen LogP contribution in [0.15, 0.2) is 21.5 Å².